The van der Waals surface area contributed by atoms with Crippen molar-refractivity contribution >= 4 is 26.0 Å². The summed E-state index contributed by atoms with van der Waals surface area (Å²) in [5.74, 6) is 0. The molecule has 102 valence electrons. The quantitative estimate of drug-likeness (QED) is 0.770. The van der Waals surface area contributed by atoms with Gasteiger partial charge in [0.2, 0.25) is 0 Å². The van der Waals surface area contributed by atoms with Crippen molar-refractivity contribution in [1.29, 1.82) is 0 Å². The van der Waals surface area contributed by atoms with Crippen LogP contribution in [0.5, 0.6) is 0 Å². The van der Waals surface area contributed by atoms with Gasteiger partial charge in [-0.1, -0.05) is 28.8 Å². The largest absolute Gasteiger partial charge is 0.260 e. The van der Waals surface area contributed by atoms with E-state index in [1.807, 2.05) is 0 Å². The monoisotopic (exact) mass is 335 g/mol. The van der Waals surface area contributed by atoms with Gasteiger partial charge < -0.3 is 0 Å². The lowest BCUT2D eigenvalue weighted by atomic mass is 10.2. The number of nitrogens with zero attached hydrogens (tertiary/aromatic N) is 3. The molecular weight excluding hydrogens is 318 g/mol. The van der Waals surface area contributed by atoms with Crippen molar-refractivity contribution in [3.05, 3.63) is 12.3 Å². The minimum absolute atomic E-state index is 0.141. The topological polar surface area (TPSA) is 55.2 Å². The van der Waals surface area contributed by atoms with Crippen LogP contribution in [-0.2, 0) is 17.1 Å². The zero-order valence-corrected chi connectivity index (χ0v) is 12.8. The van der Waals surface area contributed by atoms with Crippen molar-refractivity contribution in [3.63, 3.8) is 0 Å². The van der Waals surface area contributed by atoms with Crippen molar-refractivity contribution < 1.29 is 8.42 Å². The number of halogens is 1. The smallest absolute Gasteiger partial charge is 0.256 e. The Hall–Kier alpha value is -0.400. The molecule has 0 aliphatic heterocycles. The highest BCUT2D eigenvalue weighted by Crippen LogP contribution is 2.28. The van der Waals surface area contributed by atoms with E-state index in [4.69, 9.17) is 0 Å². The molecule has 1 saturated carbocycles. The standard InChI is InChI=1S/C11H18BrN3O2S/c1-14-11(6-8-13-14)18(16,17)15(9-7-12)10-4-2-3-5-10/h6,8,10H,2-5,7,9H2,1H3. The summed E-state index contributed by atoms with van der Waals surface area (Å²) in [7, 11) is -1.77. The summed E-state index contributed by atoms with van der Waals surface area (Å²) in [5.41, 5.74) is 0. The van der Waals surface area contributed by atoms with E-state index in [2.05, 4.69) is 21.0 Å². The van der Waals surface area contributed by atoms with Gasteiger partial charge in [-0.2, -0.15) is 9.40 Å². The van der Waals surface area contributed by atoms with Crippen LogP contribution in [0.3, 0.4) is 0 Å². The molecule has 0 bridgehead atoms. The average Bonchev–Trinajstić information content (AvgIpc) is 2.96. The Labute approximate surface area is 116 Å². The summed E-state index contributed by atoms with van der Waals surface area (Å²) in [6.07, 6.45) is 5.68. The Morgan fingerprint density at radius 3 is 2.67 bits per heavy atom. The van der Waals surface area contributed by atoms with Crippen LogP contribution < -0.4 is 0 Å². The summed E-state index contributed by atoms with van der Waals surface area (Å²) in [5, 5.41) is 4.88. The van der Waals surface area contributed by atoms with Crippen LogP contribution >= 0.6 is 15.9 Å². The molecule has 5 nitrogen and oxygen atoms in total. The Kier molecular flexibility index (Phi) is 4.45. The number of hydrogen-bond acceptors (Lipinski definition) is 3. The van der Waals surface area contributed by atoms with E-state index in [-0.39, 0.29) is 11.1 Å². The molecule has 0 atom stereocenters. The minimum Gasteiger partial charge on any atom is -0.256 e. The molecule has 0 radical (unpaired) electrons. The van der Waals surface area contributed by atoms with Crippen LogP contribution in [0.15, 0.2) is 17.3 Å². The molecule has 7 heteroatoms. The van der Waals surface area contributed by atoms with Crippen molar-refractivity contribution in [2.75, 3.05) is 11.9 Å². The van der Waals surface area contributed by atoms with Crippen LogP contribution in [0, 0.1) is 0 Å². The van der Waals surface area contributed by atoms with E-state index in [1.165, 1.54) is 10.9 Å². The first-order valence-corrected chi connectivity index (χ1v) is 8.69. The molecule has 0 N–H and O–H groups in total. The molecule has 1 fully saturated rings. The summed E-state index contributed by atoms with van der Waals surface area (Å²) >= 11 is 3.34. The first kappa shape index (κ1) is 14.0. The molecule has 1 aliphatic carbocycles. The second-order valence-electron chi connectivity index (χ2n) is 4.54. The van der Waals surface area contributed by atoms with Crippen LogP contribution in [0.4, 0.5) is 0 Å². The molecule has 0 amide bonds. The van der Waals surface area contributed by atoms with E-state index in [0.29, 0.717) is 11.9 Å². The normalized spacial score (nSPS) is 17.7. The highest BCUT2D eigenvalue weighted by Gasteiger charge is 2.34. The Morgan fingerprint density at radius 1 is 1.50 bits per heavy atom. The number of hydrogen-bond donors (Lipinski definition) is 0. The third-order valence-corrected chi connectivity index (χ3v) is 5.77. The minimum atomic E-state index is -3.43. The van der Waals surface area contributed by atoms with Gasteiger partial charge in [-0.3, -0.25) is 4.68 Å². The van der Waals surface area contributed by atoms with Gasteiger partial charge in [0.25, 0.3) is 10.0 Å². The fourth-order valence-electron chi connectivity index (χ4n) is 2.51. The maximum Gasteiger partial charge on any atom is 0.260 e. The molecule has 0 saturated heterocycles. The van der Waals surface area contributed by atoms with Gasteiger partial charge in [-0.05, 0) is 18.9 Å². The highest BCUT2D eigenvalue weighted by molar-refractivity contribution is 9.09. The molecule has 1 aliphatic rings. The highest BCUT2D eigenvalue weighted by atomic mass is 79.9. The lowest BCUT2D eigenvalue weighted by Crippen LogP contribution is -2.40. The van der Waals surface area contributed by atoms with Gasteiger partial charge in [0.15, 0.2) is 5.03 Å². The second kappa shape index (κ2) is 5.71. The summed E-state index contributed by atoms with van der Waals surface area (Å²) in [6.45, 7) is 0.512. The Balaban J connectivity index is 2.32. The number of rotatable bonds is 5. The van der Waals surface area contributed by atoms with E-state index >= 15 is 0 Å². The first-order valence-electron chi connectivity index (χ1n) is 6.13. The zero-order chi connectivity index (χ0) is 13.2. The molecule has 2 rings (SSSR count). The molecule has 1 aromatic rings. The van der Waals surface area contributed by atoms with Crippen LogP contribution in [0.25, 0.3) is 0 Å². The average molecular weight is 336 g/mol. The first-order chi connectivity index (χ1) is 8.57. The summed E-state index contributed by atoms with van der Waals surface area (Å²) in [4.78, 5) is 0. The zero-order valence-electron chi connectivity index (χ0n) is 10.4. The van der Waals surface area contributed by atoms with Crippen molar-refractivity contribution in [1.82, 2.24) is 14.1 Å². The number of aryl methyl sites for hydroxylation is 1. The molecule has 1 heterocycles. The third kappa shape index (κ3) is 2.62. The maximum atomic E-state index is 12.6. The predicted molar refractivity (Wildman–Crippen MR) is 73.1 cm³/mol. The lowest BCUT2D eigenvalue weighted by Gasteiger charge is -2.27. The second-order valence-corrected chi connectivity index (χ2v) is 7.17. The van der Waals surface area contributed by atoms with E-state index in [9.17, 15) is 8.42 Å². The molecule has 0 unspecified atom stereocenters. The van der Waals surface area contributed by atoms with Gasteiger partial charge >= 0.3 is 0 Å². The fraction of sp³-hybridized carbons (Fsp3) is 0.727. The van der Waals surface area contributed by atoms with Crippen molar-refractivity contribution in [2.45, 2.75) is 36.8 Å². The molecular formula is C11H18BrN3O2S. The van der Waals surface area contributed by atoms with Gasteiger partial charge in [-0.25, -0.2) is 8.42 Å². The molecule has 0 spiro atoms. The summed E-state index contributed by atoms with van der Waals surface area (Å²) < 4.78 is 28.3. The van der Waals surface area contributed by atoms with Crippen LogP contribution in [-0.4, -0.2) is 40.4 Å². The van der Waals surface area contributed by atoms with E-state index in [1.54, 1.807) is 17.4 Å². The van der Waals surface area contributed by atoms with Crippen molar-refractivity contribution in [3.8, 4) is 0 Å². The number of alkyl halides is 1. The number of sulfonamides is 1. The predicted octanol–water partition coefficient (Wildman–Crippen LogP) is 1.75. The SMILES string of the molecule is Cn1nccc1S(=O)(=O)N(CCBr)C1CCCC1. The van der Waals surface area contributed by atoms with Crippen LogP contribution in [0.2, 0.25) is 0 Å². The van der Waals surface area contributed by atoms with E-state index in [0.717, 1.165) is 25.7 Å². The lowest BCUT2D eigenvalue weighted by molar-refractivity contribution is 0.335. The summed E-state index contributed by atoms with van der Waals surface area (Å²) in [6, 6.07) is 1.70. The van der Waals surface area contributed by atoms with Gasteiger partial charge in [0.05, 0.1) is 6.20 Å². The van der Waals surface area contributed by atoms with Gasteiger partial charge in [-0.15, -0.1) is 0 Å². The van der Waals surface area contributed by atoms with Crippen LogP contribution in [0.1, 0.15) is 25.7 Å². The number of aromatic nitrogens is 2. The third-order valence-electron chi connectivity index (χ3n) is 3.39. The molecule has 1 aromatic heterocycles. The Bertz CT molecular complexity index is 494. The van der Waals surface area contributed by atoms with E-state index < -0.39 is 10.0 Å². The maximum absolute atomic E-state index is 12.6. The molecule has 18 heavy (non-hydrogen) atoms. The Morgan fingerprint density at radius 2 is 2.17 bits per heavy atom. The molecule has 0 aromatic carbocycles. The fourth-order valence-corrected chi connectivity index (χ4v) is 4.92. The van der Waals surface area contributed by atoms with Crippen molar-refractivity contribution in [2.24, 2.45) is 7.05 Å². The van der Waals surface area contributed by atoms with Gasteiger partial charge in [0.1, 0.15) is 0 Å². The van der Waals surface area contributed by atoms with Gasteiger partial charge in [0, 0.05) is 25.0 Å².